The zero-order chi connectivity index (χ0) is 15.1. The molecule has 0 radical (unpaired) electrons. The van der Waals surface area contributed by atoms with Crippen molar-refractivity contribution in [1.29, 1.82) is 0 Å². The molecule has 1 rings (SSSR count). The van der Waals surface area contributed by atoms with E-state index in [-0.39, 0.29) is 5.69 Å². The molecule has 0 N–H and O–H groups in total. The molecule has 0 aliphatic heterocycles. The van der Waals surface area contributed by atoms with Gasteiger partial charge in [-0.3, -0.25) is 14.9 Å². The number of nitro groups is 1. The van der Waals surface area contributed by atoms with Crippen LogP contribution in [0, 0.1) is 10.1 Å². The molecule has 0 spiro atoms. The summed E-state index contributed by atoms with van der Waals surface area (Å²) in [5, 5.41) is 11.0. The minimum Gasteiger partial charge on any atom is -0.379 e. The van der Waals surface area contributed by atoms with Crippen LogP contribution in [0.4, 0.5) is 5.69 Å². The number of hydrogen-bond acceptors (Lipinski definition) is 5. The Morgan fingerprint density at radius 2 is 1.95 bits per heavy atom. The summed E-state index contributed by atoms with van der Waals surface area (Å²) in [6.07, 6.45) is 3.99. The average Bonchev–Trinajstić information content (AvgIpc) is 2.42. The second-order valence-corrected chi connectivity index (χ2v) is 4.75. The number of likely N-dealkylation sites (N-methyl/N-ethyl adjacent to an activating group) is 2. The molecular formula is C14H19N3O3. The van der Waals surface area contributed by atoms with Gasteiger partial charge in [-0.1, -0.05) is 12.1 Å². The summed E-state index contributed by atoms with van der Waals surface area (Å²) in [6, 6.07) is 4.47. The molecule has 0 heterocycles. The minimum absolute atomic E-state index is 0.0631. The lowest BCUT2D eigenvalue weighted by Gasteiger charge is -2.17. The van der Waals surface area contributed by atoms with Crippen LogP contribution >= 0.6 is 0 Å². The van der Waals surface area contributed by atoms with Gasteiger partial charge in [0.2, 0.25) is 0 Å². The molecule has 0 aliphatic carbocycles. The fourth-order valence-electron chi connectivity index (χ4n) is 1.65. The van der Waals surface area contributed by atoms with Gasteiger partial charge in [-0.2, -0.15) is 0 Å². The molecule has 0 unspecified atom stereocenters. The molecule has 0 fully saturated rings. The topological polar surface area (TPSA) is 66.7 Å². The number of nitro benzene ring substituents is 1. The Morgan fingerprint density at radius 1 is 1.25 bits per heavy atom. The van der Waals surface area contributed by atoms with E-state index in [0.29, 0.717) is 17.4 Å². The number of rotatable bonds is 7. The molecule has 0 aliphatic rings. The largest absolute Gasteiger partial charge is 0.379 e. The van der Waals surface area contributed by atoms with Crippen LogP contribution in [0.2, 0.25) is 0 Å². The summed E-state index contributed by atoms with van der Waals surface area (Å²) in [7, 11) is 5.84. The average molecular weight is 277 g/mol. The lowest BCUT2D eigenvalue weighted by atomic mass is 10.1. The monoisotopic (exact) mass is 277 g/mol. The minimum atomic E-state index is -0.480. The SMILES string of the molecule is CN(C)CCN(C)/C=C\c1c(C=O)cccc1[N+](=O)[O-]. The molecule has 0 saturated heterocycles. The highest BCUT2D eigenvalue weighted by Crippen LogP contribution is 2.22. The summed E-state index contributed by atoms with van der Waals surface area (Å²) >= 11 is 0. The number of carbonyl (C=O) groups is 1. The van der Waals surface area contributed by atoms with Crippen molar-refractivity contribution in [3.63, 3.8) is 0 Å². The molecule has 0 bridgehead atoms. The van der Waals surface area contributed by atoms with Crippen LogP contribution in [0.3, 0.4) is 0 Å². The Morgan fingerprint density at radius 3 is 2.50 bits per heavy atom. The number of benzene rings is 1. The summed E-state index contributed by atoms with van der Waals surface area (Å²) < 4.78 is 0. The first-order valence-electron chi connectivity index (χ1n) is 6.21. The van der Waals surface area contributed by atoms with Gasteiger partial charge in [0.1, 0.15) is 0 Å². The van der Waals surface area contributed by atoms with E-state index in [4.69, 9.17) is 0 Å². The fraction of sp³-hybridized carbons (Fsp3) is 0.357. The first-order chi connectivity index (χ1) is 9.45. The van der Waals surface area contributed by atoms with E-state index < -0.39 is 4.92 Å². The van der Waals surface area contributed by atoms with Gasteiger partial charge < -0.3 is 9.80 Å². The van der Waals surface area contributed by atoms with Crippen molar-refractivity contribution in [3.8, 4) is 0 Å². The standard InChI is InChI=1S/C14H19N3O3/c1-15(2)9-10-16(3)8-7-13-12(11-18)5-4-6-14(13)17(19)20/h4-8,11H,9-10H2,1-3H3/b8-7-. The zero-order valence-electron chi connectivity index (χ0n) is 11.9. The van der Waals surface area contributed by atoms with Gasteiger partial charge in [-0.25, -0.2) is 0 Å². The normalized spacial score (nSPS) is 11.0. The van der Waals surface area contributed by atoms with E-state index in [0.717, 1.165) is 13.1 Å². The zero-order valence-corrected chi connectivity index (χ0v) is 11.9. The van der Waals surface area contributed by atoms with Crippen molar-refractivity contribution < 1.29 is 9.72 Å². The molecule has 0 amide bonds. The fourth-order valence-corrected chi connectivity index (χ4v) is 1.65. The van der Waals surface area contributed by atoms with Crippen LogP contribution < -0.4 is 0 Å². The lowest BCUT2D eigenvalue weighted by molar-refractivity contribution is -0.385. The number of nitrogens with zero attached hydrogens (tertiary/aromatic N) is 3. The van der Waals surface area contributed by atoms with Gasteiger partial charge in [0.05, 0.1) is 10.5 Å². The van der Waals surface area contributed by atoms with Gasteiger partial charge in [-0.15, -0.1) is 0 Å². The van der Waals surface area contributed by atoms with Crippen molar-refractivity contribution in [2.24, 2.45) is 0 Å². The van der Waals surface area contributed by atoms with Crippen LogP contribution in [0.15, 0.2) is 24.4 Å². The van der Waals surface area contributed by atoms with Gasteiger partial charge in [0.15, 0.2) is 6.29 Å². The van der Waals surface area contributed by atoms with Crippen molar-refractivity contribution >= 4 is 18.0 Å². The third-order valence-corrected chi connectivity index (χ3v) is 2.84. The van der Waals surface area contributed by atoms with Gasteiger partial charge >= 0.3 is 0 Å². The summed E-state index contributed by atoms with van der Waals surface area (Å²) in [5.41, 5.74) is 0.590. The molecule has 1 aromatic rings. The first-order valence-corrected chi connectivity index (χ1v) is 6.21. The number of hydrogen-bond donors (Lipinski definition) is 0. The predicted molar refractivity (Wildman–Crippen MR) is 78.7 cm³/mol. The van der Waals surface area contributed by atoms with Crippen molar-refractivity contribution in [2.75, 3.05) is 34.2 Å². The molecular weight excluding hydrogens is 258 g/mol. The molecule has 0 saturated carbocycles. The molecule has 20 heavy (non-hydrogen) atoms. The highest BCUT2D eigenvalue weighted by Gasteiger charge is 2.14. The van der Waals surface area contributed by atoms with E-state index in [2.05, 4.69) is 0 Å². The second-order valence-electron chi connectivity index (χ2n) is 4.75. The van der Waals surface area contributed by atoms with Crippen molar-refractivity contribution in [3.05, 3.63) is 45.6 Å². The highest BCUT2D eigenvalue weighted by atomic mass is 16.6. The van der Waals surface area contributed by atoms with Crippen LogP contribution in [0.25, 0.3) is 6.08 Å². The summed E-state index contributed by atoms with van der Waals surface area (Å²) in [6.45, 7) is 1.67. The smallest absolute Gasteiger partial charge is 0.277 e. The number of aldehydes is 1. The molecule has 6 nitrogen and oxygen atoms in total. The Kier molecular flexibility index (Phi) is 5.86. The Hall–Kier alpha value is -2.21. The summed E-state index contributed by atoms with van der Waals surface area (Å²) in [4.78, 5) is 25.5. The van der Waals surface area contributed by atoms with E-state index in [1.807, 2.05) is 30.9 Å². The predicted octanol–water partition coefficient (Wildman–Crippen LogP) is 1.87. The van der Waals surface area contributed by atoms with Crippen LogP contribution in [-0.4, -0.2) is 55.2 Å². The van der Waals surface area contributed by atoms with E-state index >= 15 is 0 Å². The lowest BCUT2D eigenvalue weighted by Crippen LogP contribution is -2.25. The number of carbonyl (C=O) groups excluding carboxylic acids is 1. The van der Waals surface area contributed by atoms with Crippen molar-refractivity contribution in [2.45, 2.75) is 0 Å². The van der Waals surface area contributed by atoms with E-state index in [1.165, 1.54) is 12.1 Å². The van der Waals surface area contributed by atoms with Crippen LogP contribution in [-0.2, 0) is 0 Å². The molecule has 0 atom stereocenters. The van der Waals surface area contributed by atoms with E-state index in [9.17, 15) is 14.9 Å². The Labute approximate surface area is 118 Å². The van der Waals surface area contributed by atoms with Crippen LogP contribution in [0.1, 0.15) is 15.9 Å². The van der Waals surface area contributed by atoms with E-state index in [1.54, 1.807) is 18.3 Å². The van der Waals surface area contributed by atoms with Crippen molar-refractivity contribution in [1.82, 2.24) is 9.80 Å². The maximum atomic E-state index is 11.0. The third kappa shape index (κ3) is 4.47. The quantitative estimate of drug-likeness (QED) is 0.432. The third-order valence-electron chi connectivity index (χ3n) is 2.84. The molecule has 6 heteroatoms. The molecule has 108 valence electrons. The second kappa shape index (κ2) is 7.40. The highest BCUT2D eigenvalue weighted by molar-refractivity contribution is 5.85. The molecule has 1 aromatic carbocycles. The Bertz CT molecular complexity index is 512. The first kappa shape index (κ1) is 15.8. The maximum Gasteiger partial charge on any atom is 0.277 e. The van der Waals surface area contributed by atoms with Gasteiger partial charge in [0, 0.05) is 31.8 Å². The Balaban J connectivity index is 2.95. The van der Waals surface area contributed by atoms with Gasteiger partial charge in [-0.05, 0) is 26.4 Å². The maximum absolute atomic E-state index is 11.0. The van der Waals surface area contributed by atoms with Gasteiger partial charge in [0.25, 0.3) is 5.69 Å². The molecule has 0 aromatic heterocycles. The summed E-state index contributed by atoms with van der Waals surface area (Å²) in [5.74, 6) is 0. The van der Waals surface area contributed by atoms with Crippen LogP contribution in [0.5, 0.6) is 0 Å².